The predicted octanol–water partition coefficient (Wildman–Crippen LogP) is 2.87. The minimum atomic E-state index is 0.0516. The lowest BCUT2D eigenvalue weighted by molar-refractivity contribution is 0.202. The second-order valence-corrected chi connectivity index (χ2v) is 6.84. The molecule has 4 rings (SSSR count). The minimum absolute atomic E-state index is 0.0516. The van der Waals surface area contributed by atoms with Crippen LogP contribution in [0, 0.1) is 5.92 Å². The molecule has 2 aromatic heterocycles. The van der Waals surface area contributed by atoms with Crippen LogP contribution in [0.3, 0.4) is 0 Å². The van der Waals surface area contributed by atoms with Crippen LogP contribution >= 0.6 is 0 Å². The van der Waals surface area contributed by atoms with Gasteiger partial charge in [-0.1, -0.05) is 35.5 Å². The van der Waals surface area contributed by atoms with Crippen molar-refractivity contribution >= 4 is 0 Å². The van der Waals surface area contributed by atoms with Crippen molar-refractivity contribution in [3.8, 4) is 11.4 Å². The molecule has 1 aliphatic rings. The second-order valence-electron chi connectivity index (χ2n) is 6.84. The van der Waals surface area contributed by atoms with Crippen LogP contribution in [0.15, 0.2) is 59.4 Å². The molecular formula is C20H23N5O. The summed E-state index contributed by atoms with van der Waals surface area (Å²) in [6.45, 7) is 4.66. The molecule has 1 saturated heterocycles. The van der Waals surface area contributed by atoms with E-state index in [1.807, 2.05) is 12.1 Å². The predicted molar refractivity (Wildman–Crippen MR) is 99.2 cm³/mol. The molecular weight excluding hydrogens is 326 g/mol. The zero-order valence-electron chi connectivity index (χ0n) is 14.8. The van der Waals surface area contributed by atoms with Crippen LogP contribution in [0.4, 0.5) is 0 Å². The molecule has 1 fully saturated rings. The fourth-order valence-electron chi connectivity index (χ4n) is 3.71. The van der Waals surface area contributed by atoms with Crippen LogP contribution in [0.2, 0.25) is 0 Å². The van der Waals surface area contributed by atoms with Crippen LogP contribution in [-0.2, 0) is 0 Å². The minimum Gasteiger partial charge on any atom is -0.337 e. The third-order valence-corrected chi connectivity index (χ3v) is 5.27. The topological polar surface area (TPSA) is 81.1 Å². The van der Waals surface area contributed by atoms with E-state index in [1.165, 1.54) is 5.56 Å². The van der Waals surface area contributed by atoms with Crippen LogP contribution in [-0.4, -0.2) is 39.7 Å². The Bertz CT molecular complexity index is 836. The molecule has 0 saturated carbocycles. The van der Waals surface area contributed by atoms with Gasteiger partial charge in [0.1, 0.15) is 0 Å². The molecule has 0 spiro atoms. The molecule has 0 amide bonds. The van der Waals surface area contributed by atoms with Crippen LogP contribution in [0.25, 0.3) is 11.4 Å². The molecule has 0 aliphatic carbocycles. The Morgan fingerprint density at radius 2 is 2.04 bits per heavy atom. The van der Waals surface area contributed by atoms with Crippen molar-refractivity contribution in [3.63, 3.8) is 0 Å². The summed E-state index contributed by atoms with van der Waals surface area (Å²) in [5.41, 5.74) is 8.26. The summed E-state index contributed by atoms with van der Waals surface area (Å²) in [7, 11) is 0. The smallest absolute Gasteiger partial charge is 0.244 e. The van der Waals surface area contributed by atoms with Gasteiger partial charge in [-0.15, -0.1) is 0 Å². The molecule has 1 aromatic carbocycles. The highest BCUT2D eigenvalue weighted by Crippen LogP contribution is 2.36. The third kappa shape index (κ3) is 3.25. The summed E-state index contributed by atoms with van der Waals surface area (Å²) in [4.78, 5) is 11.1. The number of rotatable bonds is 5. The number of hydrogen-bond acceptors (Lipinski definition) is 6. The largest absolute Gasteiger partial charge is 0.337 e. The Kier molecular flexibility index (Phi) is 4.77. The fraction of sp³-hybridized carbons (Fsp3) is 0.350. The third-order valence-electron chi connectivity index (χ3n) is 5.27. The van der Waals surface area contributed by atoms with Crippen molar-refractivity contribution < 1.29 is 4.52 Å². The van der Waals surface area contributed by atoms with Gasteiger partial charge < -0.3 is 10.3 Å². The summed E-state index contributed by atoms with van der Waals surface area (Å²) in [6, 6.07) is 14.5. The van der Waals surface area contributed by atoms with E-state index in [9.17, 15) is 0 Å². The Hall–Kier alpha value is -2.57. The van der Waals surface area contributed by atoms with Gasteiger partial charge >= 0.3 is 0 Å². The highest BCUT2D eigenvalue weighted by atomic mass is 16.5. The van der Waals surface area contributed by atoms with Crippen molar-refractivity contribution in [3.05, 3.63) is 66.3 Å². The number of likely N-dealkylation sites (tertiary alicyclic amines) is 1. The molecule has 3 atom stereocenters. The maximum Gasteiger partial charge on any atom is 0.244 e. The number of nitrogens with zero attached hydrogens (tertiary/aromatic N) is 4. The van der Waals surface area contributed by atoms with Crippen LogP contribution < -0.4 is 5.73 Å². The van der Waals surface area contributed by atoms with Gasteiger partial charge in [-0.25, -0.2) is 0 Å². The van der Waals surface area contributed by atoms with Crippen molar-refractivity contribution in [1.29, 1.82) is 0 Å². The van der Waals surface area contributed by atoms with E-state index in [0.29, 0.717) is 30.1 Å². The number of benzene rings is 1. The molecule has 2 N–H and O–H groups in total. The average Bonchev–Trinajstić information content (AvgIpc) is 3.36. The summed E-state index contributed by atoms with van der Waals surface area (Å²) in [5, 5.41) is 4.12. The van der Waals surface area contributed by atoms with Gasteiger partial charge in [0, 0.05) is 37.0 Å². The number of hydrogen-bond donors (Lipinski definition) is 1. The Morgan fingerprint density at radius 3 is 2.77 bits per heavy atom. The SMILES string of the molecule is CC(c1nc(-c2cccnc2)no1)N1C[C@@H](CN)[C@H](c2ccccc2)C1. The Morgan fingerprint density at radius 1 is 1.19 bits per heavy atom. The monoisotopic (exact) mass is 349 g/mol. The lowest BCUT2D eigenvalue weighted by Crippen LogP contribution is -2.26. The van der Waals surface area contributed by atoms with Gasteiger partial charge in [0.05, 0.1) is 6.04 Å². The van der Waals surface area contributed by atoms with Crippen molar-refractivity contribution in [2.75, 3.05) is 19.6 Å². The van der Waals surface area contributed by atoms with Gasteiger partial charge in [0.15, 0.2) is 0 Å². The molecule has 0 radical (unpaired) electrons. The van der Waals surface area contributed by atoms with E-state index in [-0.39, 0.29) is 6.04 Å². The first-order valence-corrected chi connectivity index (χ1v) is 8.99. The average molecular weight is 349 g/mol. The molecule has 6 heteroatoms. The lowest BCUT2D eigenvalue weighted by Gasteiger charge is -2.21. The van der Waals surface area contributed by atoms with Crippen LogP contribution in [0.5, 0.6) is 0 Å². The highest BCUT2D eigenvalue weighted by molar-refractivity contribution is 5.51. The van der Waals surface area contributed by atoms with Crippen molar-refractivity contribution in [1.82, 2.24) is 20.0 Å². The van der Waals surface area contributed by atoms with E-state index in [1.54, 1.807) is 12.4 Å². The van der Waals surface area contributed by atoms with Gasteiger partial charge in [-0.3, -0.25) is 9.88 Å². The molecule has 3 heterocycles. The molecule has 6 nitrogen and oxygen atoms in total. The first-order valence-electron chi connectivity index (χ1n) is 8.99. The lowest BCUT2D eigenvalue weighted by atomic mass is 9.89. The van der Waals surface area contributed by atoms with E-state index in [4.69, 9.17) is 10.3 Å². The van der Waals surface area contributed by atoms with Gasteiger partial charge in [-0.05, 0) is 37.1 Å². The standard InChI is InChI=1S/C20H23N5O/c1-14(20-23-19(24-26-20)16-8-5-9-22-11-16)25-12-17(10-21)18(13-25)15-6-3-2-4-7-15/h2-9,11,14,17-18H,10,12-13,21H2,1H3/t14?,17-,18+/m1/s1. The second kappa shape index (κ2) is 7.35. The first kappa shape index (κ1) is 16.9. The first-order chi connectivity index (χ1) is 12.8. The fourth-order valence-corrected chi connectivity index (χ4v) is 3.71. The molecule has 3 aromatic rings. The summed E-state index contributed by atoms with van der Waals surface area (Å²) in [6.07, 6.45) is 3.47. The summed E-state index contributed by atoms with van der Waals surface area (Å²) in [5.74, 6) is 2.08. The zero-order chi connectivity index (χ0) is 17.9. The Labute approximate surface area is 153 Å². The number of nitrogens with two attached hydrogens (primary N) is 1. The van der Waals surface area contributed by atoms with E-state index >= 15 is 0 Å². The quantitative estimate of drug-likeness (QED) is 0.763. The zero-order valence-corrected chi connectivity index (χ0v) is 14.8. The van der Waals surface area contributed by atoms with Gasteiger partial charge in [0.2, 0.25) is 11.7 Å². The maximum atomic E-state index is 6.06. The van der Waals surface area contributed by atoms with E-state index in [2.05, 4.69) is 57.3 Å². The number of pyridine rings is 1. The van der Waals surface area contributed by atoms with E-state index < -0.39 is 0 Å². The van der Waals surface area contributed by atoms with Crippen LogP contribution in [0.1, 0.15) is 30.3 Å². The molecule has 26 heavy (non-hydrogen) atoms. The Balaban J connectivity index is 1.52. The van der Waals surface area contributed by atoms with Gasteiger partial charge in [0.25, 0.3) is 0 Å². The molecule has 1 aliphatic heterocycles. The molecule has 134 valence electrons. The highest BCUT2D eigenvalue weighted by Gasteiger charge is 2.36. The normalized spacial score (nSPS) is 21.8. The van der Waals surface area contributed by atoms with E-state index in [0.717, 1.165) is 18.7 Å². The van der Waals surface area contributed by atoms with Crippen molar-refractivity contribution in [2.45, 2.75) is 18.9 Å². The summed E-state index contributed by atoms with van der Waals surface area (Å²) >= 11 is 0. The maximum absolute atomic E-state index is 6.06. The van der Waals surface area contributed by atoms with Gasteiger partial charge in [-0.2, -0.15) is 4.98 Å². The molecule has 1 unspecified atom stereocenters. The van der Waals surface area contributed by atoms with Crippen molar-refractivity contribution in [2.24, 2.45) is 11.7 Å². The number of aromatic nitrogens is 3. The molecule has 0 bridgehead atoms. The summed E-state index contributed by atoms with van der Waals surface area (Å²) < 4.78 is 5.54.